The van der Waals surface area contributed by atoms with Gasteiger partial charge in [-0.15, -0.1) is 0 Å². The zero-order valence-corrected chi connectivity index (χ0v) is 15.3. The van der Waals surface area contributed by atoms with Crippen LogP contribution in [-0.4, -0.2) is 54.4 Å². The van der Waals surface area contributed by atoms with Crippen LogP contribution in [0.3, 0.4) is 0 Å². The molecule has 0 bridgehead atoms. The van der Waals surface area contributed by atoms with Crippen molar-refractivity contribution in [1.29, 1.82) is 0 Å². The number of aromatic nitrogens is 1. The van der Waals surface area contributed by atoms with Crippen molar-refractivity contribution in [2.75, 3.05) is 37.6 Å². The zero-order valence-electron chi connectivity index (χ0n) is 15.3. The van der Waals surface area contributed by atoms with E-state index in [9.17, 15) is 19.7 Å². The average Bonchev–Trinajstić information content (AvgIpc) is 2.74. The third-order valence-corrected chi connectivity index (χ3v) is 4.63. The Bertz CT molecular complexity index is 833. The molecule has 2 amide bonds. The highest BCUT2D eigenvalue weighted by Crippen LogP contribution is 2.12. The molecule has 1 aliphatic rings. The van der Waals surface area contributed by atoms with E-state index in [4.69, 9.17) is 0 Å². The highest BCUT2D eigenvalue weighted by molar-refractivity contribution is 5.94. The number of piperazine rings is 1. The van der Waals surface area contributed by atoms with E-state index in [1.54, 1.807) is 4.90 Å². The summed E-state index contributed by atoms with van der Waals surface area (Å²) in [4.78, 5) is 41.7. The molecule has 1 saturated heterocycles. The summed E-state index contributed by atoms with van der Waals surface area (Å²) in [6.45, 7) is 3.00. The molecule has 0 aliphatic carbocycles. The SMILES string of the molecule is O=C(NCCC(=O)N1CCN(c2cccc[nH+]2)CC1)c1ccc([N+](=O)[O-])cc1. The van der Waals surface area contributed by atoms with Crippen LogP contribution in [0.5, 0.6) is 0 Å². The number of amides is 2. The van der Waals surface area contributed by atoms with Gasteiger partial charge < -0.3 is 10.2 Å². The lowest BCUT2D eigenvalue weighted by atomic mass is 10.2. The van der Waals surface area contributed by atoms with E-state index in [2.05, 4.69) is 15.2 Å². The van der Waals surface area contributed by atoms with Gasteiger partial charge in [-0.05, 0) is 18.2 Å². The first kappa shape index (κ1) is 19.3. The number of H-pyrrole nitrogens is 1. The van der Waals surface area contributed by atoms with Crippen LogP contribution in [0, 0.1) is 10.1 Å². The summed E-state index contributed by atoms with van der Waals surface area (Å²) < 4.78 is 0. The van der Waals surface area contributed by atoms with Crippen LogP contribution < -0.4 is 15.2 Å². The second-order valence-electron chi connectivity index (χ2n) is 6.43. The number of non-ortho nitro benzene ring substituents is 1. The highest BCUT2D eigenvalue weighted by Gasteiger charge is 2.25. The Hall–Kier alpha value is -3.49. The number of benzene rings is 1. The Balaban J connectivity index is 1.41. The molecule has 9 nitrogen and oxygen atoms in total. The van der Waals surface area contributed by atoms with E-state index in [0.717, 1.165) is 18.9 Å². The molecular formula is C19H22N5O4+. The molecule has 2 N–H and O–H groups in total. The lowest BCUT2D eigenvalue weighted by Crippen LogP contribution is -2.50. The molecular weight excluding hydrogens is 362 g/mol. The fourth-order valence-electron chi connectivity index (χ4n) is 3.05. The van der Waals surface area contributed by atoms with Crippen molar-refractivity contribution in [3.05, 3.63) is 64.3 Å². The molecule has 0 spiro atoms. The van der Waals surface area contributed by atoms with Gasteiger partial charge in [-0.3, -0.25) is 24.6 Å². The van der Waals surface area contributed by atoms with Gasteiger partial charge in [-0.25, -0.2) is 4.98 Å². The van der Waals surface area contributed by atoms with Gasteiger partial charge in [0.2, 0.25) is 5.91 Å². The molecule has 28 heavy (non-hydrogen) atoms. The van der Waals surface area contributed by atoms with Crippen molar-refractivity contribution in [3.63, 3.8) is 0 Å². The van der Waals surface area contributed by atoms with Crippen molar-refractivity contribution in [3.8, 4) is 0 Å². The topological polar surface area (TPSA) is 110 Å². The monoisotopic (exact) mass is 384 g/mol. The second kappa shape index (κ2) is 8.94. The van der Waals surface area contributed by atoms with E-state index in [1.165, 1.54) is 24.3 Å². The van der Waals surface area contributed by atoms with Gasteiger partial charge in [-0.1, -0.05) is 6.07 Å². The Labute approximate surface area is 162 Å². The van der Waals surface area contributed by atoms with Gasteiger partial charge in [0.1, 0.15) is 13.1 Å². The normalized spacial score (nSPS) is 13.9. The van der Waals surface area contributed by atoms with Crippen LogP contribution in [-0.2, 0) is 4.79 Å². The summed E-state index contributed by atoms with van der Waals surface area (Å²) in [6, 6.07) is 11.3. The molecule has 1 aromatic heterocycles. The van der Waals surface area contributed by atoms with Crippen LogP contribution in [0.4, 0.5) is 11.5 Å². The number of nitrogens with one attached hydrogen (secondary N) is 2. The molecule has 146 valence electrons. The number of nitro groups is 1. The number of carbonyl (C=O) groups excluding carboxylic acids is 2. The van der Waals surface area contributed by atoms with Crippen LogP contribution >= 0.6 is 0 Å². The van der Waals surface area contributed by atoms with Crippen LogP contribution in [0.25, 0.3) is 0 Å². The van der Waals surface area contributed by atoms with Gasteiger partial charge in [0.15, 0.2) is 0 Å². The molecule has 0 atom stereocenters. The Morgan fingerprint density at radius 1 is 1.07 bits per heavy atom. The van der Waals surface area contributed by atoms with E-state index in [1.807, 2.05) is 24.4 Å². The summed E-state index contributed by atoms with van der Waals surface area (Å²) in [5.41, 5.74) is 0.254. The minimum absolute atomic E-state index is 0.000640. The number of nitrogens with zero attached hydrogens (tertiary/aromatic N) is 3. The van der Waals surface area contributed by atoms with E-state index < -0.39 is 4.92 Å². The largest absolute Gasteiger partial charge is 0.352 e. The third kappa shape index (κ3) is 4.81. The third-order valence-electron chi connectivity index (χ3n) is 4.63. The summed E-state index contributed by atoms with van der Waals surface area (Å²) in [5.74, 6) is 0.679. The maximum atomic E-state index is 12.4. The fraction of sp³-hybridized carbons (Fsp3) is 0.316. The van der Waals surface area contributed by atoms with E-state index >= 15 is 0 Å². The number of anilines is 1. The first-order valence-electron chi connectivity index (χ1n) is 9.06. The van der Waals surface area contributed by atoms with Crippen LogP contribution in [0.15, 0.2) is 48.7 Å². The number of carbonyl (C=O) groups is 2. The van der Waals surface area contributed by atoms with Crippen molar-refractivity contribution in [2.24, 2.45) is 0 Å². The molecule has 0 saturated carbocycles. The lowest BCUT2D eigenvalue weighted by molar-refractivity contribution is -0.384. The molecule has 2 aromatic rings. The van der Waals surface area contributed by atoms with Gasteiger partial charge in [0, 0.05) is 36.7 Å². The van der Waals surface area contributed by atoms with Gasteiger partial charge in [0.05, 0.1) is 24.2 Å². The van der Waals surface area contributed by atoms with Crippen molar-refractivity contribution < 1.29 is 19.5 Å². The number of pyridine rings is 1. The van der Waals surface area contributed by atoms with E-state index in [0.29, 0.717) is 18.7 Å². The van der Waals surface area contributed by atoms with Gasteiger partial charge in [-0.2, -0.15) is 0 Å². The average molecular weight is 384 g/mol. The molecule has 1 aliphatic heterocycles. The Morgan fingerprint density at radius 3 is 2.39 bits per heavy atom. The first-order valence-corrected chi connectivity index (χ1v) is 9.06. The van der Waals surface area contributed by atoms with Gasteiger partial charge >= 0.3 is 0 Å². The predicted octanol–water partition coefficient (Wildman–Crippen LogP) is 0.878. The fourth-order valence-corrected chi connectivity index (χ4v) is 3.05. The summed E-state index contributed by atoms with van der Waals surface area (Å²) in [6.07, 6.45) is 2.09. The van der Waals surface area contributed by atoms with Crippen molar-refractivity contribution in [1.82, 2.24) is 10.2 Å². The maximum Gasteiger partial charge on any atom is 0.274 e. The molecule has 3 rings (SSSR count). The smallest absolute Gasteiger partial charge is 0.274 e. The number of hydrogen-bond donors (Lipinski definition) is 1. The summed E-state index contributed by atoms with van der Waals surface area (Å²) >= 11 is 0. The zero-order chi connectivity index (χ0) is 19.9. The molecule has 2 heterocycles. The first-order chi connectivity index (χ1) is 13.5. The second-order valence-corrected chi connectivity index (χ2v) is 6.43. The quantitative estimate of drug-likeness (QED) is 0.587. The summed E-state index contributed by atoms with van der Waals surface area (Å²) in [7, 11) is 0. The number of aromatic amines is 1. The minimum Gasteiger partial charge on any atom is -0.352 e. The molecule has 0 unspecified atom stereocenters. The number of hydrogen-bond acceptors (Lipinski definition) is 5. The minimum atomic E-state index is -0.518. The van der Waals surface area contributed by atoms with Crippen molar-refractivity contribution in [2.45, 2.75) is 6.42 Å². The summed E-state index contributed by atoms with van der Waals surface area (Å²) in [5, 5.41) is 13.3. The molecule has 9 heteroatoms. The Kier molecular flexibility index (Phi) is 6.15. The van der Waals surface area contributed by atoms with E-state index in [-0.39, 0.29) is 30.5 Å². The molecule has 1 aromatic carbocycles. The lowest BCUT2D eigenvalue weighted by Gasteiger charge is -2.31. The highest BCUT2D eigenvalue weighted by atomic mass is 16.6. The Morgan fingerprint density at radius 2 is 1.79 bits per heavy atom. The number of rotatable bonds is 6. The maximum absolute atomic E-state index is 12.4. The van der Waals surface area contributed by atoms with Crippen LogP contribution in [0.2, 0.25) is 0 Å². The molecule has 1 fully saturated rings. The van der Waals surface area contributed by atoms with Crippen molar-refractivity contribution >= 4 is 23.3 Å². The molecule has 0 radical (unpaired) electrons. The van der Waals surface area contributed by atoms with Gasteiger partial charge in [0.25, 0.3) is 17.4 Å². The number of nitro benzene ring substituents is 1. The van der Waals surface area contributed by atoms with Crippen LogP contribution in [0.1, 0.15) is 16.8 Å². The standard InChI is InChI=1S/C19H21N5O4/c25-18(23-13-11-22(12-14-23)17-3-1-2-9-20-17)8-10-21-19(26)15-4-6-16(7-5-15)24(27)28/h1-7,9H,8,10-14H2,(H,21,26)/p+1. The predicted molar refractivity (Wildman–Crippen MR) is 102 cm³/mol.